The summed E-state index contributed by atoms with van der Waals surface area (Å²) in [7, 11) is 1.67. The lowest BCUT2D eigenvalue weighted by atomic mass is 9.71. The van der Waals surface area contributed by atoms with Crippen molar-refractivity contribution in [1.29, 1.82) is 0 Å². The SMILES string of the molecule is C=C[C@H]1C[N+]2(Cc3cc(OC(C)C)c(OC(C)C)c(OC(C)C)c3)CCC1C[C@H]2[C@H](O)c1ccnc2ccc(OC)cc12. The third-order valence-corrected chi connectivity index (χ3v) is 9.00. The molecular weight excluding hydrogens is 540 g/mol. The van der Waals surface area contributed by atoms with Gasteiger partial charge < -0.3 is 28.5 Å². The molecule has 2 unspecified atom stereocenters. The van der Waals surface area contributed by atoms with Crippen LogP contribution in [0.25, 0.3) is 10.9 Å². The lowest BCUT2D eigenvalue weighted by molar-refractivity contribution is -0.984. The topological polar surface area (TPSA) is 70.0 Å². The van der Waals surface area contributed by atoms with Gasteiger partial charge in [0.25, 0.3) is 0 Å². The van der Waals surface area contributed by atoms with Gasteiger partial charge >= 0.3 is 0 Å². The number of methoxy groups -OCH3 is 1. The monoisotopic (exact) mass is 589 g/mol. The fraction of sp³-hybridized carbons (Fsp3) is 0.528. The first-order chi connectivity index (χ1) is 20.5. The Bertz CT molecular complexity index is 1410. The zero-order valence-electron chi connectivity index (χ0n) is 26.9. The number of aromatic nitrogens is 1. The van der Waals surface area contributed by atoms with Gasteiger partial charge in [-0.25, -0.2) is 0 Å². The first-order valence-electron chi connectivity index (χ1n) is 15.8. The second-order valence-corrected chi connectivity index (χ2v) is 13.2. The zero-order chi connectivity index (χ0) is 30.9. The highest BCUT2D eigenvalue weighted by Gasteiger charge is 2.54. The molecule has 0 aliphatic carbocycles. The summed E-state index contributed by atoms with van der Waals surface area (Å²) in [5.41, 5.74) is 2.88. The Labute approximate surface area is 257 Å². The predicted octanol–water partition coefficient (Wildman–Crippen LogP) is 7.25. The number of hydrogen-bond donors (Lipinski definition) is 1. The van der Waals surface area contributed by atoms with Crippen molar-refractivity contribution in [2.75, 3.05) is 20.2 Å². The van der Waals surface area contributed by atoms with Crippen LogP contribution in [0.5, 0.6) is 23.0 Å². The van der Waals surface area contributed by atoms with E-state index < -0.39 is 6.10 Å². The minimum Gasteiger partial charge on any atom is -0.497 e. The average molecular weight is 590 g/mol. The molecule has 0 saturated carbocycles. The molecule has 0 amide bonds. The minimum atomic E-state index is -0.660. The number of benzene rings is 2. The summed E-state index contributed by atoms with van der Waals surface area (Å²) in [6.07, 6.45) is 5.25. The summed E-state index contributed by atoms with van der Waals surface area (Å²) < 4.78 is 25.2. The quantitative estimate of drug-likeness (QED) is 0.177. The van der Waals surface area contributed by atoms with Crippen LogP contribution in [0, 0.1) is 11.8 Å². The van der Waals surface area contributed by atoms with E-state index in [4.69, 9.17) is 18.9 Å². The number of piperidine rings is 3. The third kappa shape index (κ3) is 6.48. The molecule has 232 valence electrons. The number of nitrogens with zero attached hydrogens (tertiary/aromatic N) is 2. The second kappa shape index (κ2) is 12.7. The molecule has 0 spiro atoms. The molecule has 5 atom stereocenters. The normalized spacial score (nSPS) is 24.0. The fourth-order valence-corrected chi connectivity index (χ4v) is 7.24. The summed E-state index contributed by atoms with van der Waals surface area (Å²) in [5, 5.41) is 13.2. The van der Waals surface area contributed by atoms with Gasteiger partial charge in [0.1, 0.15) is 24.4 Å². The summed E-state index contributed by atoms with van der Waals surface area (Å²) in [6.45, 7) is 19.0. The maximum absolute atomic E-state index is 12.2. The average Bonchev–Trinajstić information content (AvgIpc) is 2.97. The first-order valence-corrected chi connectivity index (χ1v) is 15.8. The van der Waals surface area contributed by atoms with Crippen LogP contribution >= 0.6 is 0 Å². The highest BCUT2D eigenvalue weighted by Crippen LogP contribution is 2.49. The Hall–Kier alpha value is -3.29. The number of pyridine rings is 1. The zero-order valence-corrected chi connectivity index (χ0v) is 26.9. The van der Waals surface area contributed by atoms with E-state index in [1.807, 2.05) is 65.8 Å². The van der Waals surface area contributed by atoms with E-state index in [2.05, 4.69) is 29.8 Å². The molecule has 2 aromatic carbocycles. The Balaban J connectivity index is 1.59. The van der Waals surface area contributed by atoms with Crippen LogP contribution in [-0.4, -0.2) is 59.1 Å². The number of aliphatic hydroxyl groups excluding tert-OH is 1. The summed E-state index contributed by atoms with van der Waals surface area (Å²) >= 11 is 0. The standard InChI is InChI=1S/C36H49N2O5/c1-9-26-21-38(20-25-16-33(41-22(2)3)36(43-24(6)7)34(17-25)42-23(4)5)15-13-27(26)18-32(38)35(39)29-12-14-37-31-11-10-28(40-8)19-30(29)31/h9-12,14,16-17,19,22-24,26-27,32,35,39H,1,13,15,18,20-21H2,2-8H3/q+1/t26-,27?,32-,35+,38?/m0/s1. The molecule has 7 nitrogen and oxygen atoms in total. The number of ether oxygens (including phenoxy) is 4. The molecule has 1 aromatic heterocycles. The number of fused-ring (bicyclic) bond motifs is 4. The third-order valence-electron chi connectivity index (χ3n) is 9.00. The van der Waals surface area contributed by atoms with E-state index in [1.165, 1.54) is 0 Å². The van der Waals surface area contributed by atoms with E-state index in [0.29, 0.717) is 29.1 Å². The van der Waals surface area contributed by atoms with Crippen LogP contribution in [0.4, 0.5) is 0 Å². The maximum Gasteiger partial charge on any atom is 0.203 e. The van der Waals surface area contributed by atoms with Gasteiger partial charge in [0, 0.05) is 35.9 Å². The molecule has 3 fully saturated rings. The highest BCUT2D eigenvalue weighted by molar-refractivity contribution is 5.84. The predicted molar refractivity (Wildman–Crippen MR) is 171 cm³/mol. The maximum atomic E-state index is 12.2. The van der Waals surface area contributed by atoms with E-state index in [-0.39, 0.29) is 24.4 Å². The van der Waals surface area contributed by atoms with Crippen molar-refractivity contribution in [2.45, 2.75) is 91.4 Å². The number of rotatable bonds is 12. The Kier molecular flexibility index (Phi) is 9.23. The van der Waals surface area contributed by atoms with Crippen LogP contribution in [0.2, 0.25) is 0 Å². The van der Waals surface area contributed by atoms with Gasteiger partial charge in [-0.05, 0) is 89.4 Å². The molecule has 0 radical (unpaired) electrons. The minimum absolute atomic E-state index is 0.0160. The van der Waals surface area contributed by atoms with Gasteiger partial charge in [-0.2, -0.15) is 0 Å². The van der Waals surface area contributed by atoms with Crippen LogP contribution in [0.1, 0.15) is 71.6 Å². The van der Waals surface area contributed by atoms with Crippen molar-refractivity contribution in [3.8, 4) is 23.0 Å². The van der Waals surface area contributed by atoms with Crippen molar-refractivity contribution < 1.29 is 28.5 Å². The van der Waals surface area contributed by atoms with Crippen LogP contribution < -0.4 is 18.9 Å². The van der Waals surface area contributed by atoms with Gasteiger partial charge in [0.2, 0.25) is 5.75 Å². The van der Waals surface area contributed by atoms with E-state index in [9.17, 15) is 5.11 Å². The molecule has 3 aliphatic rings. The fourth-order valence-electron chi connectivity index (χ4n) is 7.24. The second-order valence-electron chi connectivity index (χ2n) is 13.2. The van der Waals surface area contributed by atoms with Crippen molar-refractivity contribution in [3.05, 3.63) is 66.4 Å². The van der Waals surface area contributed by atoms with Crippen molar-refractivity contribution >= 4 is 10.9 Å². The van der Waals surface area contributed by atoms with Gasteiger partial charge in [0.05, 0.1) is 44.0 Å². The molecule has 2 bridgehead atoms. The largest absolute Gasteiger partial charge is 0.497 e. The summed E-state index contributed by atoms with van der Waals surface area (Å²) in [4.78, 5) is 4.57. The molecule has 4 heterocycles. The molecule has 1 N–H and O–H groups in total. The number of aliphatic hydroxyl groups is 1. The van der Waals surface area contributed by atoms with Gasteiger partial charge in [0.15, 0.2) is 11.5 Å². The summed E-state index contributed by atoms with van der Waals surface area (Å²) in [6, 6.07) is 12.1. The molecular formula is C36H49N2O5+. The van der Waals surface area contributed by atoms with Crippen molar-refractivity contribution in [3.63, 3.8) is 0 Å². The molecule has 3 aliphatic heterocycles. The lowest BCUT2D eigenvalue weighted by Crippen LogP contribution is -2.67. The van der Waals surface area contributed by atoms with E-state index >= 15 is 0 Å². The van der Waals surface area contributed by atoms with Crippen LogP contribution in [0.3, 0.4) is 0 Å². The van der Waals surface area contributed by atoms with Crippen molar-refractivity contribution in [1.82, 2.24) is 4.98 Å². The van der Waals surface area contributed by atoms with Crippen LogP contribution in [0.15, 0.2) is 55.3 Å². The molecule has 7 heteroatoms. The number of hydrogen-bond acceptors (Lipinski definition) is 6. The first kappa shape index (κ1) is 31.1. The van der Waals surface area contributed by atoms with Gasteiger partial charge in [-0.3, -0.25) is 4.98 Å². The van der Waals surface area contributed by atoms with Crippen molar-refractivity contribution in [2.24, 2.45) is 11.8 Å². The Morgan fingerprint density at radius 2 is 1.65 bits per heavy atom. The smallest absolute Gasteiger partial charge is 0.203 e. The molecule has 43 heavy (non-hydrogen) atoms. The van der Waals surface area contributed by atoms with Gasteiger partial charge in [-0.1, -0.05) is 6.08 Å². The highest BCUT2D eigenvalue weighted by atomic mass is 16.6. The number of quaternary nitrogens is 1. The van der Waals surface area contributed by atoms with E-state index in [0.717, 1.165) is 64.7 Å². The summed E-state index contributed by atoms with van der Waals surface area (Å²) in [5.74, 6) is 3.73. The van der Waals surface area contributed by atoms with Gasteiger partial charge in [-0.15, -0.1) is 6.58 Å². The Morgan fingerprint density at radius 3 is 2.26 bits per heavy atom. The van der Waals surface area contributed by atoms with Crippen LogP contribution in [-0.2, 0) is 6.54 Å². The molecule has 3 saturated heterocycles. The molecule has 6 rings (SSSR count). The Morgan fingerprint density at radius 1 is 0.977 bits per heavy atom. The lowest BCUT2D eigenvalue weighted by Gasteiger charge is -2.58. The van der Waals surface area contributed by atoms with E-state index in [1.54, 1.807) is 13.3 Å². The molecule has 3 aromatic rings.